The molecule has 2 fully saturated rings. The van der Waals surface area contributed by atoms with Crippen LogP contribution in [-0.4, -0.2) is 67.5 Å². The summed E-state index contributed by atoms with van der Waals surface area (Å²) in [7, 11) is 0. The molecule has 1 spiro atoms. The molecule has 5 N–H and O–H groups in total. The number of aryl methyl sites for hydroxylation is 1. The minimum absolute atomic E-state index is 0.0383. The average Bonchev–Trinajstić information content (AvgIpc) is 2.80. The van der Waals surface area contributed by atoms with Crippen LogP contribution in [0.25, 0.3) is 0 Å². The Morgan fingerprint density at radius 3 is 2.56 bits per heavy atom. The molecule has 2 aromatic rings. The molecule has 10 heteroatoms. The number of aromatic nitrogens is 2. The monoisotopic (exact) mass is 472 g/mol. The van der Waals surface area contributed by atoms with Gasteiger partial charge in [-0.15, -0.1) is 0 Å². The number of amides is 1. The molecule has 4 rings (SSSR count). The Morgan fingerprint density at radius 1 is 1.26 bits per heavy atom. The molecule has 2 aliphatic heterocycles. The zero-order valence-electron chi connectivity index (χ0n) is 19.5. The Morgan fingerprint density at radius 2 is 1.91 bits per heavy atom. The van der Waals surface area contributed by atoms with Crippen molar-refractivity contribution >= 4 is 5.91 Å². The van der Waals surface area contributed by atoms with Crippen molar-refractivity contribution in [3.05, 3.63) is 62.4 Å². The topological polar surface area (TPSA) is 151 Å². The quantitative estimate of drug-likeness (QED) is 0.496. The summed E-state index contributed by atoms with van der Waals surface area (Å²) in [6, 6.07) is 5.35. The second kappa shape index (κ2) is 9.01. The van der Waals surface area contributed by atoms with E-state index in [2.05, 4.69) is 4.98 Å². The Kier molecular flexibility index (Phi) is 6.41. The minimum atomic E-state index is -1.29. The number of phenolic OH excluding ortho intramolecular Hbond substituents is 1. The molecule has 2 saturated heterocycles. The number of piperidine rings is 1. The highest BCUT2D eigenvalue weighted by Crippen LogP contribution is 2.43. The number of nitrogens with two attached hydrogens (primary N) is 1. The van der Waals surface area contributed by atoms with Gasteiger partial charge in [0.2, 0.25) is 5.91 Å². The Labute approximate surface area is 197 Å². The fourth-order valence-electron chi connectivity index (χ4n) is 4.93. The van der Waals surface area contributed by atoms with E-state index in [4.69, 9.17) is 10.5 Å². The van der Waals surface area contributed by atoms with Crippen LogP contribution in [0.15, 0.2) is 40.1 Å². The number of hydrogen-bond acceptors (Lipinski definition) is 7. The van der Waals surface area contributed by atoms with E-state index in [0.717, 1.165) is 5.56 Å². The van der Waals surface area contributed by atoms with Gasteiger partial charge in [-0.3, -0.25) is 19.1 Å². The second-order valence-electron chi connectivity index (χ2n) is 9.83. The molecule has 10 nitrogen and oxygen atoms in total. The van der Waals surface area contributed by atoms with Gasteiger partial charge in [0, 0.05) is 31.3 Å². The Hall–Kier alpha value is -2.95. The van der Waals surface area contributed by atoms with E-state index in [1.807, 2.05) is 0 Å². The lowest BCUT2D eigenvalue weighted by molar-refractivity contribution is -0.202. The highest BCUT2D eigenvalue weighted by molar-refractivity contribution is 5.82. The number of benzene rings is 1. The summed E-state index contributed by atoms with van der Waals surface area (Å²) in [6.45, 7) is 4.19. The van der Waals surface area contributed by atoms with Gasteiger partial charge in [-0.25, -0.2) is 4.79 Å². The molecule has 0 saturated carbocycles. The molecule has 0 aliphatic carbocycles. The van der Waals surface area contributed by atoms with Gasteiger partial charge in [0.15, 0.2) is 0 Å². The molecule has 2 aliphatic rings. The lowest BCUT2D eigenvalue weighted by atomic mass is 9.77. The number of aromatic hydroxyl groups is 1. The number of aliphatic hydroxyl groups is 1. The maximum atomic E-state index is 12.9. The van der Waals surface area contributed by atoms with Crippen molar-refractivity contribution in [3.8, 4) is 5.75 Å². The third kappa shape index (κ3) is 4.79. The van der Waals surface area contributed by atoms with E-state index in [-0.39, 0.29) is 18.3 Å². The number of likely N-dealkylation sites (tertiary alicyclic amines) is 1. The fourth-order valence-corrected chi connectivity index (χ4v) is 4.93. The van der Waals surface area contributed by atoms with Crippen LogP contribution in [0, 0.1) is 6.92 Å². The summed E-state index contributed by atoms with van der Waals surface area (Å²) >= 11 is 0. The van der Waals surface area contributed by atoms with Crippen molar-refractivity contribution in [1.82, 2.24) is 14.5 Å². The molecule has 34 heavy (non-hydrogen) atoms. The normalized spacial score (nSPS) is 25.3. The number of phenols is 1. The molecule has 3 heterocycles. The zero-order chi connectivity index (χ0) is 24.7. The van der Waals surface area contributed by atoms with E-state index in [9.17, 15) is 24.6 Å². The van der Waals surface area contributed by atoms with Crippen LogP contribution in [0.4, 0.5) is 0 Å². The minimum Gasteiger partial charge on any atom is -0.508 e. The average molecular weight is 473 g/mol. The van der Waals surface area contributed by atoms with Crippen LogP contribution in [0.3, 0.4) is 0 Å². The number of aromatic amines is 1. The molecule has 1 amide bonds. The van der Waals surface area contributed by atoms with Gasteiger partial charge in [-0.1, -0.05) is 12.1 Å². The molecule has 0 unspecified atom stereocenters. The number of hydrogen-bond donors (Lipinski definition) is 4. The van der Waals surface area contributed by atoms with Crippen LogP contribution < -0.4 is 17.0 Å². The van der Waals surface area contributed by atoms with Gasteiger partial charge < -0.3 is 25.6 Å². The number of ether oxygens (including phenoxy) is 1. The summed E-state index contributed by atoms with van der Waals surface area (Å²) in [5.41, 5.74) is 4.55. The molecule has 0 radical (unpaired) electrons. The third-order valence-electron chi connectivity index (χ3n) is 7.13. The van der Waals surface area contributed by atoms with Gasteiger partial charge >= 0.3 is 5.69 Å². The summed E-state index contributed by atoms with van der Waals surface area (Å²) in [5, 5.41) is 20.4. The van der Waals surface area contributed by atoms with E-state index in [1.165, 1.54) is 10.8 Å². The first-order chi connectivity index (χ1) is 16.0. The number of H-pyrrole nitrogens is 1. The smallest absolute Gasteiger partial charge is 0.328 e. The predicted molar refractivity (Wildman–Crippen MR) is 125 cm³/mol. The first-order valence-electron chi connectivity index (χ1n) is 11.5. The van der Waals surface area contributed by atoms with Crippen LogP contribution in [0.1, 0.15) is 43.4 Å². The number of carbonyl (C=O) groups excluding carboxylic acids is 1. The van der Waals surface area contributed by atoms with Gasteiger partial charge in [-0.2, -0.15) is 0 Å². The maximum Gasteiger partial charge on any atom is 0.328 e. The highest BCUT2D eigenvalue weighted by Gasteiger charge is 2.50. The summed E-state index contributed by atoms with van der Waals surface area (Å²) in [5.74, 6) is 0.0174. The molecule has 0 bridgehead atoms. The van der Waals surface area contributed by atoms with Gasteiger partial charge in [0.1, 0.15) is 11.4 Å². The van der Waals surface area contributed by atoms with Crippen LogP contribution >= 0.6 is 0 Å². The summed E-state index contributed by atoms with van der Waals surface area (Å²) in [6.07, 6.45) is 3.34. The van der Waals surface area contributed by atoms with E-state index >= 15 is 0 Å². The van der Waals surface area contributed by atoms with Crippen molar-refractivity contribution in [2.75, 3.05) is 19.7 Å². The first-order valence-corrected chi connectivity index (χ1v) is 11.5. The molecule has 1 aromatic heterocycles. The Balaban J connectivity index is 1.44. The number of rotatable bonds is 4. The second-order valence-corrected chi connectivity index (χ2v) is 9.83. The molecular weight excluding hydrogens is 440 g/mol. The van der Waals surface area contributed by atoms with Crippen molar-refractivity contribution in [2.45, 2.75) is 62.8 Å². The molecular formula is C24H32N4O6. The van der Waals surface area contributed by atoms with E-state index in [1.54, 1.807) is 43.0 Å². The van der Waals surface area contributed by atoms with Gasteiger partial charge in [0.05, 0.1) is 24.3 Å². The SMILES string of the molecule is Cc1cn([C@H]2CC3(CCN(C(=O)[C@@H](N)Cc4ccc(O)cc4)CC3)OC[C@]2(C)O)c(=O)[nH]c1=O. The number of nitrogens with one attached hydrogen (secondary N) is 1. The van der Waals surface area contributed by atoms with Crippen molar-refractivity contribution in [1.29, 1.82) is 0 Å². The lowest BCUT2D eigenvalue weighted by Crippen LogP contribution is -2.59. The molecule has 3 atom stereocenters. The number of carbonyl (C=O) groups is 1. The van der Waals surface area contributed by atoms with E-state index < -0.39 is 34.5 Å². The predicted octanol–water partition coefficient (Wildman–Crippen LogP) is 0.194. The summed E-state index contributed by atoms with van der Waals surface area (Å²) < 4.78 is 7.53. The van der Waals surface area contributed by atoms with Crippen LogP contribution in [0.2, 0.25) is 0 Å². The maximum absolute atomic E-state index is 12.9. The molecule has 184 valence electrons. The zero-order valence-corrected chi connectivity index (χ0v) is 19.5. The van der Waals surface area contributed by atoms with Gasteiger partial charge in [-0.05, 0) is 50.8 Å². The highest BCUT2D eigenvalue weighted by atomic mass is 16.5. The van der Waals surface area contributed by atoms with E-state index in [0.29, 0.717) is 44.3 Å². The van der Waals surface area contributed by atoms with Crippen molar-refractivity contribution in [2.24, 2.45) is 5.73 Å². The Bertz CT molecular complexity index is 1160. The first kappa shape index (κ1) is 24.2. The van der Waals surface area contributed by atoms with Gasteiger partial charge in [0.25, 0.3) is 5.56 Å². The van der Waals surface area contributed by atoms with Crippen LogP contribution in [-0.2, 0) is 16.0 Å². The van der Waals surface area contributed by atoms with Crippen molar-refractivity contribution < 1.29 is 19.7 Å². The largest absolute Gasteiger partial charge is 0.508 e. The standard InChI is InChI=1S/C24H32N4O6/c1-15-13-28(22(32)26-20(15)30)19-12-24(34-14-23(19,2)33)7-9-27(10-8-24)21(31)18(25)11-16-3-5-17(29)6-4-16/h3-6,13,18-19,29,33H,7-12,14,25H2,1-2H3,(H,26,30,32)/t18-,19-,23-/m0/s1. The summed E-state index contributed by atoms with van der Waals surface area (Å²) in [4.78, 5) is 41.3. The third-order valence-corrected chi connectivity index (χ3v) is 7.13. The van der Waals surface area contributed by atoms with Crippen molar-refractivity contribution in [3.63, 3.8) is 0 Å². The fraction of sp³-hybridized carbons (Fsp3) is 0.542. The van der Waals surface area contributed by atoms with Crippen LogP contribution in [0.5, 0.6) is 5.75 Å². The molecule has 1 aromatic carbocycles. The number of nitrogens with zero attached hydrogens (tertiary/aromatic N) is 2. The lowest BCUT2D eigenvalue weighted by Gasteiger charge is -2.51.